The van der Waals surface area contributed by atoms with Gasteiger partial charge < -0.3 is 10.2 Å². The molecule has 1 aromatic carbocycles. The Bertz CT molecular complexity index is 452. The van der Waals surface area contributed by atoms with Gasteiger partial charge in [-0.2, -0.15) is 5.26 Å². The van der Waals surface area contributed by atoms with Crippen LogP contribution in [0.3, 0.4) is 0 Å². The molecule has 1 rings (SSSR count). The Morgan fingerprint density at radius 1 is 1.25 bits per heavy atom. The lowest BCUT2D eigenvalue weighted by Crippen LogP contribution is -2.15. The zero-order chi connectivity index (χ0) is 12.2. The van der Waals surface area contributed by atoms with Gasteiger partial charge in [0.1, 0.15) is 11.7 Å². The Hall–Kier alpha value is -1.81. The molecule has 0 amide bonds. The molecule has 0 aliphatic carbocycles. The second kappa shape index (κ2) is 4.81. The van der Waals surface area contributed by atoms with E-state index in [1.807, 2.05) is 6.07 Å². The molecule has 0 spiro atoms. The first kappa shape index (κ1) is 12.3. The summed E-state index contributed by atoms with van der Waals surface area (Å²) in [5.41, 5.74) is 0.0234. The van der Waals surface area contributed by atoms with E-state index in [-0.39, 0.29) is 0 Å². The highest BCUT2D eigenvalue weighted by atomic mass is 16.3. The second-order valence-electron chi connectivity index (χ2n) is 3.96. The Kier molecular flexibility index (Phi) is 3.68. The lowest BCUT2D eigenvalue weighted by Gasteiger charge is -2.08. The van der Waals surface area contributed by atoms with Crippen molar-refractivity contribution in [2.45, 2.75) is 25.6 Å². The summed E-state index contributed by atoms with van der Waals surface area (Å²) in [5, 5.41) is 27.7. The second-order valence-corrected chi connectivity index (χ2v) is 3.96. The number of aliphatic hydroxyl groups excluding tert-OH is 1. The van der Waals surface area contributed by atoms with Gasteiger partial charge in [0.05, 0.1) is 11.6 Å². The zero-order valence-corrected chi connectivity index (χ0v) is 9.23. The van der Waals surface area contributed by atoms with Gasteiger partial charge in [-0.15, -0.1) is 0 Å². The van der Waals surface area contributed by atoms with Crippen molar-refractivity contribution in [1.82, 2.24) is 0 Å². The number of hydrogen-bond acceptors (Lipinski definition) is 3. The van der Waals surface area contributed by atoms with Crippen molar-refractivity contribution in [3.63, 3.8) is 0 Å². The molecule has 0 saturated heterocycles. The molecule has 16 heavy (non-hydrogen) atoms. The summed E-state index contributed by atoms with van der Waals surface area (Å²) in [6, 6.07) is 8.50. The summed E-state index contributed by atoms with van der Waals surface area (Å²) in [5.74, 6) is 5.09. The lowest BCUT2D eigenvalue weighted by atomic mass is 10.1. The van der Waals surface area contributed by atoms with Crippen LogP contribution in [0, 0.1) is 23.2 Å². The van der Waals surface area contributed by atoms with Crippen LogP contribution in [0.1, 0.15) is 31.1 Å². The van der Waals surface area contributed by atoms with Crippen molar-refractivity contribution >= 4 is 0 Å². The minimum Gasteiger partial charge on any atom is -0.378 e. The molecule has 0 heterocycles. The quantitative estimate of drug-likeness (QED) is 0.695. The van der Waals surface area contributed by atoms with Gasteiger partial charge in [0.15, 0.2) is 0 Å². The topological polar surface area (TPSA) is 64.2 Å². The van der Waals surface area contributed by atoms with Crippen molar-refractivity contribution in [2.75, 3.05) is 0 Å². The van der Waals surface area contributed by atoms with E-state index >= 15 is 0 Å². The predicted octanol–water partition coefficient (Wildman–Crippen LogP) is 1.37. The minimum atomic E-state index is -1.12. The van der Waals surface area contributed by atoms with Crippen LogP contribution in [0.15, 0.2) is 24.3 Å². The van der Waals surface area contributed by atoms with E-state index in [2.05, 4.69) is 11.8 Å². The van der Waals surface area contributed by atoms with Crippen molar-refractivity contribution in [3.05, 3.63) is 35.4 Å². The normalized spacial score (nSPS) is 12.2. The molecule has 0 aliphatic heterocycles. The van der Waals surface area contributed by atoms with Gasteiger partial charge in [-0.25, -0.2) is 0 Å². The van der Waals surface area contributed by atoms with E-state index < -0.39 is 11.7 Å². The number of hydrogen-bond donors (Lipinski definition) is 2. The third kappa shape index (κ3) is 3.74. The largest absolute Gasteiger partial charge is 0.378 e. The molecule has 1 aromatic rings. The molecule has 0 bridgehead atoms. The highest BCUT2D eigenvalue weighted by Crippen LogP contribution is 2.13. The molecule has 3 heteroatoms. The van der Waals surface area contributed by atoms with Crippen LogP contribution in [0.25, 0.3) is 0 Å². The molecule has 3 nitrogen and oxygen atoms in total. The average Bonchev–Trinajstić information content (AvgIpc) is 2.25. The van der Waals surface area contributed by atoms with E-state index in [4.69, 9.17) is 5.26 Å². The molecule has 0 radical (unpaired) electrons. The Morgan fingerprint density at radius 3 is 2.25 bits per heavy atom. The van der Waals surface area contributed by atoms with Gasteiger partial charge in [-0.05, 0) is 31.5 Å². The summed E-state index contributed by atoms with van der Waals surface area (Å²) in [4.78, 5) is 0. The molecule has 0 saturated carbocycles. The summed E-state index contributed by atoms with van der Waals surface area (Å²) in [6.07, 6.45) is -0.945. The number of rotatable bonds is 1. The van der Waals surface area contributed by atoms with E-state index in [1.165, 1.54) is 0 Å². The van der Waals surface area contributed by atoms with Crippen LogP contribution in [0.5, 0.6) is 0 Å². The molecule has 82 valence electrons. The first-order valence-electron chi connectivity index (χ1n) is 4.85. The maximum absolute atomic E-state index is 9.68. The summed E-state index contributed by atoms with van der Waals surface area (Å²) in [6.45, 7) is 3.09. The fraction of sp³-hybridized carbons (Fsp3) is 0.308. The first-order chi connectivity index (χ1) is 7.42. The predicted molar refractivity (Wildman–Crippen MR) is 60.2 cm³/mol. The standard InChI is InChI=1S/C13H13NO2/c1-13(2,16)8-7-12(15)11-5-3-10(9-14)4-6-11/h3-6,12,15-16H,1-2H3. The molecule has 1 atom stereocenters. The van der Waals surface area contributed by atoms with Crippen molar-refractivity contribution in [3.8, 4) is 17.9 Å². The Balaban J connectivity index is 2.84. The summed E-state index contributed by atoms with van der Waals surface area (Å²) >= 11 is 0. The fourth-order valence-electron chi connectivity index (χ4n) is 1.07. The van der Waals surface area contributed by atoms with Crippen LogP contribution in [-0.4, -0.2) is 15.8 Å². The highest BCUT2D eigenvalue weighted by Gasteiger charge is 2.08. The molecule has 1 unspecified atom stereocenters. The SMILES string of the molecule is CC(C)(O)C#CC(O)c1ccc(C#N)cc1. The van der Waals surface area contributed by atoms with E-state index in [0.29, 0.717) is 11.1 Å². The van der Waals surface area contributed by atoms with E-state index in [9.17, 15) is 10.2 Å². The average molecular weight is 215 g/mol. The summed E-state index contributed by atoms with van der Waals surface area (Å²) in [7, 11) is 0. The fourth-order valence-corrected chi connectivity index (χ4v) is 1.07. The van der Waals surface area contributed by atoms with Crippen LogP contribution >= 0.6 is 0 Å². The number of benzene rings is 1. The minimum absolute atomic E-state index is 0.534. The van der Waals surface area contributed by atoms with Crippen molar-refractivity contribution in [1.29, 1.82) is 5.26 Å². The Labute approximate surface area is 95.0 Å². The van der Waals surface area contributed by atoms with Crippen LogP contribution < -0.4 is 0 Å². The van der Waals surface area contributed by atoms with E-state index in [1.54, 1.807) is 38.1 Å². The number of nitriles is 1. The molecular weight excluding hydrogens is 202 g/mol. The van der Waals surface area contributed by atoms with Gasteiger partial charge in [0, 0.05) is 0 Å². The number of aliphatic hydroxyl groups is 2. The maximum Gasteiger partial charge on any atom is 0.140 e. The van der Waals surface area contributed by atoms with Gasteiger partial charge in [-0.1, -0.05) is 24.0 Å². The van der Waals surface area contributed by atoms with Crippen molar-refractivity contribution < 1.29 is 10.2 Å². The van der Waals surface area contributed by atoms with Gasteiger partial charge in [0.25, 0.3) is 0 Å². The van der Waals surface area contributed by atoms with Crippen LogP contribution in [0.4, 0.5) is 0 Å². The monoisotopic (exact) mass is 215 g/mol. The maximum atomic E-state index is 9.68. The molecule has 0 aliphatic rings. The molecular formula is C13H13NO2. The zero-order valence-electron chi connectivity index (χ0n) is 9.23. The summed E-state index contributed by atoms with van der Waals surface area (Å²) < 4.78 is 0. The van der Waals surface area contributed by atoms with Crippen LogP contribution in [-0.2, 0) is 0 Å². The van der Waals surface area contributed by atoms with Crippen LogP contribution in [0.2, 0.25) is 0 Å². The Morgan fingerprint density at radius 2 is 1.81 bits per heavy atom. The third-order valence-corrected chi connectivity index (χ3v) is 1.87. The lowest BCUT2D eigenvalue weighted by molar-refractivity contribution is 0.142. The van der Waals surface area contributed by atoms with Gasteiger partial charge >= 0.3 is 0 Å². The molecule has 0 fully saturated rings. The van der Waals surface area contributed by atoms with Gasteiger partial charge in [0.2, 0.25) is 0 Å². The molecule has 0 aromatic heterocycles. The smallest absolute Gasteiger partial charge is 0.140 e. The third-order valence-electron chi connectivity index (χ3n) is 1.87. The first-order valence-corrected chi connectivity index (χ1v) is 4.85. The van der Waals surface area contributed by atoms with Gasteiger partial charge in [-0.3, -0.25) is 0 Å². The van der Waals surface area contributed by atoms with E-state index in [0.717, 1.165) is 0 Å². The van der Waals surface area contributed by atoms with Crippen molar-refractivity contribution in [2.24, 2.45) is 0 Å². The highest BCUT2D eigenvalue weighted by molar-refractivity contribution is 5.34. The number of nitrogens with zero attached hydrogens (tertiary/aromatic N) is 1. The molecule has 2 N–H and O–H groups in total.